The first-order chi connectivity index (χ1) is 13.7. The number of fused-ring (bicyclic) bond motifs is 6. The third-order valence-electron chi connectivity index (χ3n) is 5.71. The van der Waals surface area contributed by atoms with Crippen molar-refractivity contribution >= 4 is 53.4 Å². The van der Waals surface area contributed by atoms with Gasteiger partial charge in [-0.3, -0.25) is 0 Å². The van der Waals surface area contributed by atoms with Gasteiger partial charge in [0.1, 0.15) is 11.2 Å². The summed E-state index contributed by atoms with van der Waals surface area (Å²) in [4.78, 5) is 0. The Kier molecular flexibility index (Phi) is 3.24. The first-order valence-corrected chi connectivity index (χ1v) is 10.4. The SMILES string of the molecule is Cc1cc(-c2ccc3c(oc4ccccc43)c2C)c2sc3ccccc3c2c1. The first-order valence-electron chi connectivity index (χ1n) is 9.54. The highest BCUT2D eigenvalue weighted by molar-refractivity contribution is 7.26. The van der Waals surface area contributed by atoms with Gasteiger partial charge in [-0.25, -0.2) is 0 Å². The fourth-order valence-corrected chi connectivity index (χ4v) is 5.60. The lowest BCUT2D eigenvalue weighted by Crippen LogP contribution is -1.86. The number of aryl methyl sites for hydroxylation is 2. The second-order valence-corrected chi connectivity index (χ2v) is 8.55. The summed E-state index contributed by atoms with van der Waals surface area (Å²) in [6.07, 6.45) is 0. The van der Waals surface area contributed by atoms with E-state index in [0.29, 0.717) is 0 Å². The van der Waals surface area contributed by atoms with E-state index in [0.717, 1.165) is 11.2 Å². The van der Waals surface area contributed by atoms with Gasteiger partial charge in [0.15, 0.2) is 0 Å². The molecule has 0 unspecified atom stereocenters. The standard InChI is InChI=1S/C26H18OS/c1-15-13-21(26-22(14-15)19-8-4-6-10-24(19)28-26)17-11-12-20-18-7-3-5-9-23(18)27-25(20)16(17)2/h3-14H,1-2H3. The smallest absolute Gasteiger partial charge is 0.138 e. The highest BCUT2D eigenvalue weighted by Gasteiger charge is 2.16. The van der Waals surface area contributed by atoms with Crippen LogP contribution in [0.25, 0.3) is 53.2 Å². The maximum atomic E-state index is 6.25. The molecule has 0 saturated carbocycles. The Hall–Kier alpha value is -3.10. The van der Waals surface area contributed by atoms with Crippen molar-refractivity contribution in [3.05, 3.63) is 83.9 Å². The average molecular weight is 378 g/mol. The summed E-state index contributed by atoms with van der Waals surface area (Å²) in [5, 5.41) is 5.06. The zero-order valence-electron chi connectivity index (χ0n) is 15.7. The molecule has 2 heteroatoms. The summed E-state index contributed by atoms with van der Waals surface area (Å²) in [5.74, 6) is 0. The molecule has 6 rings (SSSR count). The maximum absolute atomic E-state index is 6.25. The van der Waals surface area contributed by atoms with Crippen LogP contribution >= 0.6 is 11.3 Å². The lowest BCUT2D eigenvalue weighted by Gasteiger charge is -2.09. The molecule has 0 atom stereocenters. The Morgan fingerprint density at radius 1 is 0.679 bits per heavy atom. The average Bonchev–Trinajstić information content (AvgIpc) is 3.27. The minimum atomic E-state index is 0.953. The van der Waals surface area contributed by atoms with Gasteiger partial charge >= 0.3 is 0 Å². The third-order valence-corrected chi connectivity index (χ3v) is 6.93. The molecule has 0 aliphatic rings. The van der Waals surface area contributed by atoms with Gasteiger partial charge in [0.25, 0.3) is 0 Å². The minimum absolute atomic E-state index is 0.953. The largest absolute Gasteiger partial charge is 0.456 e. The number of hydrogen-bond acceptors (Lipinski definition) is 2. The van der Waals surface area contributed by atoms with Gasteiger partial charge in [-0.2, -0.15) is 0 Å². The van der Waals surface area contributed by atoms with E-state index in [9.17, 15) is 0 Å². The Morgan fingerprint density at radius 3 is 2.36 bits per heavy atom. The van der Waals surface area contributed by atoms with Gasteiger partial charge in [-0.05, 0) is 55.3 Å². The van der Waals surface area contributed by atoms with Crippen molar-refractivity contribution < 1.29 is 4.42 Å². The van der Waals surface area contributed by atoms with Gasteiger partial charge < -0.3 is 4.42 Å². The molecular weight excluding hydrogens is 360 g/mol. The molecule has 28 heavy (non-hydrogen) atoms. The molecule has 0 N–H and O–H groups in total. The fourth-order valence-electron chi connectivity index (χ4n) is 4.39. The zero-order chi connectivity index (χ0) is 18.8. The number of hydrogen-bond donors (Lipinski definition) is 0. The summed E-state index contributed by atoms with van der Waals surface area (Å²) in [7, 11) is 0. The molecule has 0 bridgehead atoms. The quantitative estimate of drug-likeness (QED) is 0.281. The van der Waals surface area contributed by atoms with Crippen LogP contribution in [0.3, 0.4) is 0 Å². The van der Waals surface area contributed by atoms with Crippen molar-refractivity contribution in [2.75, 3.05) is 0 Å². The Bertz CT molecular complexity index is 1530. The highest BCUT2D eigenvalue weighted by Crippen LogP contribution is 2.43. The number of thiophene rings is 1. The summed E-state index contributed by atoms with van der Waals surface area (Å²) < 4.78 is 8.94. The molecule has 2 aromatic heterocycles. The Labute approximate surface area is 166 Å². The van der Waals surface area contributed by atoms with E-state index in [1.54, 1.807) is 0 Å². The van der Waals surface area contributed by atoms with Crippen LogP contribution in [0.2, 0.25) is 0 Å². The van der Waals surface area contributed by atoms with E-state index in [2.05, 4.69) is 74.5 Å². The molecule has 0 radical (unpaired) electrons. The molecule has 0 spiro atoms. The second-order valence-electron chi connectivity index (χ2n) is 7.50. The maximum Gasteiger partial charge on any atom is 0.138 e. The molecule has 0 saturated heterocycles. The normalized spacial score (nSPS) is 11.9. The van der Waals surface area contributed by atoms with E-state index in [1.807, 2.05) is 23.5 Å². The van der Waals surface area contributed by atoms with Crippen LogP contribution in [0.5, 0.6) is 0 Å². The molecule has 2 heterocycles. The van der Waals surface area contributed by atoms with Crippen LogP contribution in [0.4, 0.5) is 0 Å². The molecule has 6 aromatic rings. The van der Waals surface area contributed by atoms with Crippen molar-refractivity contribution in [2.45, 2.75) is 13.8 Å². The molecule has 0 aliphatic carbocycles. The van der Waals surface area contributed by atoms with Gasteiger partial charge in [-0.1, -0.05) is 42.5 Å². The molecule has 134 valence electrons. The molecule has 1 nitrogen and oxygen atoms in total. The van der Waals surface area contributed by atoms with Crippen LogP contribution in [-0.4, -0.2) is 0 Å². The van der Waals surface area contributed by atoms with Crippen molar-refractivity contribution in [3.63, 3.8) is 0 Å². The van der Waals surface area contributed by atoms with Crippen molar-refractivity contribution in [3.8, 4) is 11.1 Å². The molecular formula is C26H18OS. The second kappa shape index (κ2) is 5.70. The van der Waals surface area contributed by atoms with Crippen LogP contribution in [0.15, 0.2) is 77.2 Å². The van der Waals surface area contributed by atoms with Crippen molar-refractivity contribution in [2.24, 2.45) is 0 Å². The van der Waals surface area contributed by atoms with Crippen molar-refractivity contribution in [1.29, 1.82) is 0 Å². The van der Waals surface area contributed by atoms with Gasteiger partial charge in [-0.15, -0.1) is 11.3 Å². The van der Waals surface area contributed by atoms with E-state index in [-0.39, 0.29) is 0 Å². The fraction of sp³-hybridized carbons (Fsp3) is 0.0769. The number of furan rings is 1. The number of para-hydroxylation sites is 1. The van der Waals surface area contributed by atoms with Crippen molar-refractivity contribution in [1.82, 2.24) is 0 Å². The van der Waals surface area contributed by atoms with E-state index >= 15 is 0 Å². The summed E-state index contributed by atoms with van der Waals surface area (Å²) in [6.45, 7) is 4.37. The monoisotopic (exact) mass is 378 g/mol. The summed E-state index contributed by atoms with van der Waals surface area (Å²) in [5.41, 5.74) is 7.00. The summed E-state index contributed by atoms with van der Waals surface area (Å²) >= 11 is 1.88. The molecule has 4 aromatic carbocycles. The Morgan fingerprint density at radius 2 is 1.46 bits per heavy atom. The lowest BCUT2D eigenvalue weighted by molar-refractivity contribution is 0.666. The van der Waals surface area contributed by atoms with Crippen LogP contribution in [-0.2, 0) is 0 Å². The first kappa shape index (κ1) is 15.9. The number of rotatable bonds is 1. The van der Waals surface area contributed by atoms with E-state index < -0.39 is 0 Å². The predicted molar refractivity (Wildman–Crippen MR) is 122 cm³/mol. The van der Waals surface area contributed by atoms with Crippen LogP contribution in [0.1, 0.15) is 11.1 Å². The van der Waals surface area contributed by atoms with Gasteiger partial charge in [0.05, 0.1) is 0 Å². The lowest BCUT2D eigenvalue weighted by atomic mass is 9.95. The predicted octanol–water partition coefficient (Wildman–Crippen LogP) is 8.24. The zero-order valence-corrected chi connectivity index (χ0v) is 16.6. The molecule has 0 amide bonds. The number of benzene rings is 4. The summed E-state index contributed by atoms with van der Waals surface area (Å²) in [6, 6.07) is 26.1. The van der Waals surface area contributed by atoms with Gasteiger partial charge in [0, 0.05) is 42.1 Å². The van der Waals surface area contributed by atoms with Gasteiger partial charge in [0.2, 0.25) is 0 Å². The minimum Gasteiger partial charge on any atom is -0.456 e. The molecule has 0 aliphatic heterocycles. The van der Waals surface area contributed by atoms with Crippen LogP contribution < -0.4 is 0 Å². The van der Waals surface area contributed by atoms with E-state index in [4.69, 9.17) is 4.42 Å². The third kappa shape index (κ3) is 2.12. The van der Waals surface area contributed by atoms with Crippen LogP contribution in [0, 0.1) is 13.8 Å². The topological polar surface area (TPSA) is 13.1 Å². The highest BCUT2D eigenvalue weighted by atomic mass is 32.1. The Balaban J connectivity index is 1.72. The molecule has 0 fully saturated rings. The van der Waals surface area contributed by atoms with E-state index in [1.165, 1.54) is 53.2 Å².